The molecule has 0 spiro atoms. The molecule has 1 heterocycles. The number of benzene rings is 2. The van der Waals surface area contributed by atoms with E-state index in [0.29, 0.717) is 41.3 Å². The molecule has 0 bridgehead atoms. The van der Waals surface area contributed by atoms with Gasteiger partial charge < -0.3 is 19.5 Å². The molecule has 2 aromatic rings. The molecule has 1 aliphatic heterocycles. The number of anilines is 1. The Kier molecular flexibility index (Phi) is 9.80. The van der Waals surface area contributed by atoms with E-state index in [2.05, 4.69) is 31.3 Å². The molecule has 3 N–H and O–H groups in total. The van der Waals surface area contributed by atoms with Gasteiger partial charge in [-0.1, -0.05) is 15.9 Å². The van der Waals surface area contributed by atoms with Gasteiger partial charge >= 0.3 is 0 Å². The average molecular weight is 573 g/mol. The second-order valence-electron chi connectivity index (χ2n) is 7.40. The molecule has 1 fully saturated rings. The first-order valence-corrected chi connectivity index (χ1v) is 13.2. The minimum Gasteiger partial charge on any atom is -0.490 e. The number of rotatable bonds is 10. The van der Waals surface area contributed by atoms with Crippen molar-refractivity contribution in [3.05, 3.63) is 52.5 Å². The van der Waals surface area contributed by atoms with Crippen LogP contribution in [0.1, 0.15) is 23.2 Å². The lowest BCUT2D eigenvalue weighted by Crippen LogP contribution is -2.34. The number of sulfonamides is 1. The molecule has 1 amide bonds. The van der Waals surface area contributed by atoms with Crippen molar-refractivity contribution < 1.29 is 27.4 Å². The summed E-state index contributed by atoms with van der Waals surface area (Å²) < 4.78 is 44.3. The topological polar surface area (TPSA) is 115 Å². The summed E-state index contributed by atoms with van der Waals surface area (Å²) in [5, 5.41) is 5.54. The summed E-state index contributed by atoms with van der Waals surface area (Å²) in [6.45, 7) is 1.57. The molecule has 0 radical (unpaired) electrons. The maximum absolute atomic E-state index is 12.7. The molecule has 2 aromatic carbocycles. The van der Waals surface area contributed by atoms with Gasteiger partial charge in [0.15, 0.2) is 5.11 Å². The number of hydrogen-bond acceptors (Lipinski definition) is 7. The Labute approximate surface area is 212 Å². The number of methoxy groups -OCH3 is 1. The zero-order valence-corrected chi connectivity index (χ0v) is 21.7. The lowest BCUT2D eigenvalue weighted by molar-refractivity contribution is 0.0969. The van der Waals surface area contributed by atoms with Crippen molar-refractivity contribution in [2.75, 3.05) is 38.8 Å². The Hall–Kier alpha value is -2.09. The zero-order valence-electron chi connectivity index (χ0n) is 18.5. The Morgan fingerprint density at radius 3 is 2.65 bits per heavy atom. The van der Waals surface area contributed by atoms with Gasteiger partial charge in [0.25, 0.3) is 5.91 Å². The zero-order chi connectivity index (χ0) is 24.6. The molecule has 9 nitrogen and oxygen atoms in total. The quantitative estimate of drug-likeness (QED) is 0.294. The van der Waals surface area contributed by atoms with Gasteiger partial charge in [0.05, 0.1) is 23.2 Å². The van der Waals surface area contributed by atoms with Gasteiger partial charge in [0.2, 0.25) is 10.0 Å². The van der Waals surface area contributed by atoms with Crippen LogP contribution < -0.4 is 20.1 Å². The molecule has 1 atom stereocenters. The van der Waals surface area contributed by atoms with E-state index in [1.807, 2.05) is 0 Å². The molecule has 0 aliphatic carbocycles. The van der Waals surface area contributed by atoms with E-state index in [-0.39, 0.29) is 22.7 Å². The van der Waals surface area contributed by atoms with E-state index in [9.17, 15) is 13.2 Å². The highest BCUT2D eigenvalue weighted by Gasteiger charge is 2.20. The largest absolute Gasteiger partial charge is 0.490 e. The summed E-state index contributed by atoms with van der Waals surface area (Å²) in [7, 11) is -2.09. The maximum atomic E-state index is 12.7. The Bertz CT molecular complexity index is 1110. The molecule has 3 rings (SSSR count). The Balaban J connectivity index is 1.57. The normalized spacial score (nSPS) is 15.6. The number of carbonyl (C=O) groups excluding carboxylic acids is 1. The van der Waals surface area contributed by atoms with Gasteiger partial charge in [-0.25, -0.2) is 13.1 Å². The van der Waals surface area contributed by atoms with Crippen LogP contribution in [0.25, 0.3) is 0 Å². The van der Waals surface area contributed by atoms with Crippen LogP contribution in [0.4, 0.5) is 5.69 Å². The summed E-state index contributed by atoms with van der Waals surface area (Å²) in [6.07, 6.45) is 1.69. The monoisotopic (exact) mass is 571 g/mol. The Morgan fingerprint density at radius 2 is 1.97 bits per heavy atom. The lowest BCUT2D eigenvalue weighted by atomic mass is 10.2. The van der Waals surface area contributed by atoms with Gasteiger partial charge in [-0.15, -0.1) is 0 Å². The number of halogens is 1. The van der Waals surface area contributed by atoms with Crippen molar-refractivity contribution >= 4 is 54.9 Å². The standard InChI is InChI=1S/C22H26BrN3O6S2/c1-30-11-12-32-20-9-4-15(23)13-19(20)21(27)26-22(33)25-16-5-7-18(8-6-16)34(28,29)24-14-17-3-2-10-31-17/h4-9,13,17,24H,2-3,10-12,14H2,1H3,(H2,25,26,27,33). The third kappa shape index (κ3) is 7.72. The molecule has 34 heavy (non-hydrogen) atoms. The van der Waals surface area contributed by atoms with E-state index >= 15 is 0 Å². The highest BCUT2D eigenvalue weighted by Crippen LogP contribution is 2.23. The van der Waals surface area contributed by atoms with Crippen LogP contribution in [0.2, 0.25) is 0 Å². The molecule has 1 unspecified atom stereocenters. The van der Waals surface area contributed by atoms with E-state index in [1.165, 1.54) is 12.1 Å². The molecule has 0 aromatic heterocycles. The average Bonchev–Trinajstić information content (AvgIpc) is 3.33. The summed E-state index contributed by atoms with van der Waals surface area (Å²) in [4.78, 5) is 12.9. The molecular formula is C22H26BrN3O6S2. The van der Waals surface area contributed by atoms with Crippen LogP contribution in [-0.2, 0) is 19.5 Å². The fourth-order valence-electron chi connectivity index (χ4n) is 3.18. The minimum atomic E-state index is -3.65. The van der Waals surface area contributed by atoms with Crippen LogP contribution >= 0.6 is 28.1 Å². The second kappa shape index (κ2) is 12.6. The fraction of sp³-hybridized carbons (Fsp3) is 0.364. The van der Waals surface area contributed by atoms with Crippen molar-refractivity contribution in [1.82, 2.24) is 10.0 Å². The number of carbonyl (C=O) groups is 1. The Morgan fingerprint density at radius 1 is 1.21 bits per heavy atom. The van der Waals surface area contributed by atoms with Crippen LogP contribution in [0.3, 0.4) is 0 Å². The number of nitrogens with one attached hydrogen (secondary N) is 3. The van der Waals surface area contributed by atoms with Crippen molar-refractivity contribution in [3.8, 4) is 5.75 Å². The van der Waals surface area contributed by atoms with Gasteiger partial charge in [0, 0.05) is 30.4 Å². The second-order valence-corrected chi connectivity index (χ2v) is 10.5. The van der Waals surface area contributed by atoms with Crippen LogP contribution in [0.5, 0.6) is 5.75 Å². The summed E-state index contributed by atoms with van der Waals surface area (Å²) in [5.41, 5.74) is 0.822. The van der Waals surface area contributed by atoms with Crippen molar-refractivity contribution in [3.63, 3.8) is 0 Å². The van der Waals surface area contributed by atoms with Gasteiger partial charge in [0.1, 0.15) is 12.4 Å². The van der Waals surface area contributed by atoms with Crippen molar-refractivity contribution in [2.45, 2.75) is 23.8 Å². The van der Waals surface area contributed by atoms with Crippen molar-refractivity contribution in [1.29, 1.82) is 0 Å². The van der Waals surface area contributed by atoms with Crippen LogP contribution in [0.15, 0.2) is 51.8 Å². The highest BCUT2D eigenvalue weighted by molar-refractivity contribution is 9.10. The summed E-state index contributed by atoms with van der Waals surface area (Å²) in [6, 6.07) is 11.1. The minimum absolute atomic E-state index is 0.0555. The molecule has 12 heteroatoms. The first-order valence-electron chi connectivity index (χ1n) is 10.5. The first-order chi connectivity index (χ1) is 16.3. The smallest absolute Gasteiger partial charge is 0.261 e. The van der Waals surface area contributed by atoms with Gasteiger partial charge in [-0.3, -0.25) is 10.1 Å². The summed E-state index contributed by atoms with van der Waals surface area (Å²) >= 11 is 8.59. The third-order valence-electron chi connectivity index (χ3n) is 4.91. The maximum Gasteiger partial charge on any atom is 0.261 e. The number of thiocarbonyl (C=S) groups is 1. The van der Waals surface area contributed by atoms with Gasteiger partial charge in [-0.05, 0) is 67.5 Å². The SMILES string of the molecule is COCCOc1ccc(Br)cc1C(=O)NC(=S)Nc1ccc(S(=O)(=O)NCC2CCCO2)cc1. The van der Waals surface area contributed by atoms with E-state index in [4.69, 9.17) is 26.4 Å². The highest BCUT2D eigenvalue weighted by atomic mass is 79.9. The first kappa shape index (κ1) is 26.5. The van der Waals surface area contributed by atoms with Gasteiger partial charge in [-0.2, -0.15) is 0 Å². The van der Waals surface area contributed by atoms with Crippen LogP contribution in [0, 0.1) is 0 Å². The van der Waals surface area contributed by atoms with Crippen molar-refractivity contribution in [2.24, 2.45) is 0 Å². The summed E-state index contributed by atoms with van der Waals surface area (Å²) in [5.74, 6) is -0.0608. The molecular weight excluding hydrogens is 546 g/mol. The predicted molar refractivity (Wildman–Crippen MR) is 136 cm³/mol. The fourth-order valence-corrected chi connectivity index (χ4v) is 4.82. The van der Waals surface area contributed by atoms with E-state index in [0.717, 1.165) is 12.8 Å². The number of amides is 1. The van der Waals surface area contributed by atoms with E-state index < -0.39 is 15.9 Å². The number of ether oxygens (including phenoxy) is 3. The molecule has 0 saturated carbocycles. The number of hydrogen-bond donors (Lipinski definition) is 3. The molecule has 184 valence electrons. The molecule has 1 aliphatic rings. The van der Waals surface area contributed by atoms with Crippen LogP contribution in [-0.4, -0.2) is 59.0 Å². The molecule has 1 saturated heterocycles. The van der Waals surface area contributed by atoms with E-state index in [1.54, 1.807) is 37.4 Å². The predicted octanol–water partition coefficient (Wildman–Crippen LogP) is 3.06. The lowest BCUT2D eigenvalue weighted by Gasteiger charge is -2.14. The third-order valence-corrected chi connectivity index (χ3v) is 7.04.